The number of amides is 1. The molecule has 0 saturated carbocycles. The van der Waals surface area contributed by atoms with Crippen LogP contribution in [0.3, 0.4) is 0 Å². The Morgan fingerprint density at radius 3 is 2.83 bits per heavy atom. The molecule has 1 aromatic heterocycles. The number of nitrogens with one attached hydrogen (secondary N) is 1. The third-order valence-corrected chi connectivity index (χ3v) is 4.92. The molecule has 0 fully saturated rings. The molecular formula is C18H14BrClN2OS. The zero-order valence-electron chi connectivity index (χ0n) is 12.6. The van der Waals surface area contributed by atoms with Gasteiger partial charge in [0.15, 0.2) is 0 Å². The van der Waals surface area contributed by atoms with Crippen molar-refractivity contribution in [2.75, 3.05) is 5.32 Å². The Kier molecular flexibility index (Phi) is 5.66. The minimum absolute atomic E-state index is 0.0762. The van der Waals surface area contributed by atoms with Crippen LogP contribution in [0.2, 0.25) is 5.02 Å². The van der Waals surface area contributed by atoms with Crippen molar-refractivity contribution in [3.63, 3.8) is 0 Å². The second kappa shape index (κ2) is 7.92. The molecule has 0 spiro atoms. The second-order valence-corrected chi connectivity index (χ2v) is 7.57. The van der Waals surface area contributed by atoms with Gasteiger partial charge < -0.3 is 5.32 Å². The van der Waals surface area contributed by atoms with Crippen LogP contribution in [0.4, 0.5) is 5.69 Å². The van der Waals surface area contributed by atoms with E-state index in [0.29, 0.717) is 0 Å². The minimum Gasteiger partial charge on any atom is -0.326 e. The Morgan fingerprint density at radius 2 is 2.04 bits per heavy atom. The van der Waals surface area contributed by atoms with Gasteiger partial charge in [0.1, 0.15) is 0 Å². The van der Waals surface area contributed by atoms with Crippen LogP contribution < -0.4 is 5.32 Å². The number of rotatable bonds is 5. The predicted octanol–water partition coefficient (Wildman–Crippen LogP) is 5.33. The maximum Gasteiger partial charge on any atom is 0.230 e. The van der Waals surface area contributed by atoms with Gasteiger partial charge in [-0.2, -0.15) is 0 Å². The molecule has 0 aliphatic heterocycles. The van der Waals surface area contributed by atoms with Crippen molar-refractivity contribution >= 4 is 50.5 Å². The van der Waals surface area contributed by atoms with Crippen LogP contribution in [0, 0.1) is 0 Å². The van der Waals surface area contributed by atoms with Gasteiger partial charge in [-0.05, 0) is 35.9 Å². The number of carbonyl (C=O) groups is 1. The van der Waals surface area contributed by atoms with Crippen LogP contribution in [-0.4, -0.2) is 10.9 Å². The Balaban J connectivity index is 1.60. The maximum absolute atomic E-state index is 12.1. The van der Waals surface area contributed by atoms with E-state index in [1.165, 1.54) is 0 Å². The van der Waals surface area contributed by atoms with Gasteiger partial charge in [-0.3, -0.25) is 4.79 Å². The Hall–Kier alpha value is -1.69. The molecule has 6 heteroatoms. The Morgan fingerprint density at radius 1 is 1.21 bits per heavy atom. The number of thiazole rings is 1. The summed E-state index contributed by atoms with van der Waals surface area (Å²) >= 11 is 10.9. The smallest absolute Gasteiger partial charge is 0.230 e. The summed E-state index contributed by atoms with van der Waals surface area (Å²) in [6.45, 7) is 0. The molecule has 0 radical (unpaired) electrons. The van der Waals surface area contributed by atoms with Crippen molar-refractivity contribution < 1.29 is 4.79 Å². The first-order chi connectivity index (χ1) is 11.6. The highest BCUT2D eigenvalue weighted by atomic mass is 79.9. The lowest BCUT2D eigenvalue weighted by atomic mass is 10.2. The zero-order valence-corrected chi connectivity index (χ0v) is 15.8. The number of halogens is 2. The van der Waals surface area contributed by atoms with Crippen molar-refractivity contribution in [2.24, 2.45) is 0 Å². The van der Waals surface area contributed by atoms with Crippen LogP contribution in [-0.2, 0) is 17.6 Å². The summed E-state index contributed by atoms with van der Waals surface area (Å²) in [5.41, 5.74) is 2.66. The van der Waals surface area contributed by atoms with E-state index in [4.69, 9.17) is 11.6 Å². The molecule has 2 aromatic carbocycles. The van der Waals surface area contributed by atoms with E-state index in [1.807, 2.05) is 53.9 Å². The molecule has 24 heavy (non-hydrogen) atoms. The summed E-state index contributed by atoms with van der Waals surface area (Å²) in [7, 11) is 0. The fraction of sp³-hybridized carbons (Fsp3) is 0.111. The molecule has 122 valence electrons. The van der Waals surface area contributed by atoms with E-state index in [9.17, 15) is 4.79 Å². The molecule has 0 bridgehead atoms. The summed E-state index contributed by atoms with van der Waals surface area (Å²) in [4.78, 5) is 16.7. The van der Waals surface area contributed by atoms with Gasteiger partial charge in [0.05, 0.1) is 17.1 Å². The fourth-order valence-corrected chi connectivity index (χ4v) is 3.71. The molecule has 3 rings (SSSR count). The molecule has 0 unspecified atom stereocenters. The Bertz CT molecular complexity index is 865. The third-order valence-electron chi connectivity index (χ3n) is 3.29. The van der Waals surface area contributed by atoms with Crippen molar-refractivity contribution in [1.29, 1.82) is 0 Å². The average molecular weight is 422 g/mol. The maximum atomic E-state index is 12.1. The van der Waals surface area contributed by atoms with Crippen LogP contribution in [0.25, 0.3) is 0 Å². The quantitative estimate of drug-likeness (QED) is 0.605. The molecule has 1 amide bonds. The second-order valence-electron chi connectivity index (χ2n) is 5.27. The molecule has 0 aliphatic rings. The highest BCUT2D eigenvalue weighted by Gasteiger charge is 2.09. The molecular weight excluding hydrogens is 408 g/mol. The standard InChI is InChI=1S/C18H14BrClN2OS/c19-13-4-2-6-15(9-13)21-17(23)10-16-11-24-18(22-16)8-12-3-1-5-14(20)7-12/h1-7,9,11H,8,10H2,(H,21,23). The number of hydrogen-bond donors (Lipinski definition) is 1. The van der Waals surface area contributed by atoms with E-state index in [1.54, 1.807) is 11.3 Å². The summed E-state index contributed by atoms with van der Waals surface area (Å²) in [5.74, 6) is -0.0762. The van der Waals surface area contributed by atoms with Gasteiger partial charge in [0.25, 0.3) is 0 Å². The molecule has 3 aromatic rings. The zero-order chi connectivity index (χ0) is 16.9. The van der Waals surface area contributed by atoms with E-state index < -0.39 is 0 Å². The first-order valence-corrected chi connectivity index (χ1v) is 9.37. The van der Waals surface area contributed by atoms with Crippen LogP contribution in [0.5, 0.6) is 0 Å². The van der Waals surface area contributed by atoms with Gasteiger partial charge in [0.2, 0.25) is 5.91 Å². The molecule has 0 aliphatic carbocycles. The lowest BCUT2D eigenvalue weighted by molar-refractivity contribution is -0.115. The van der Waals surface area contributed by atoms with Crippen molar-refractivity contribution in [3.8, 4) is 0 Å². The first-order valence-electron chi connectivity index (χ1n) is 7.31. The highest BCUT2D eigenvalue weighted by Crippen LogP contribution is 2.19. The number of nitrogens with zero attached hydrogens (tertiary/aromatic N) is 1. The topological polar surface area (TPSA) is 42.0 Å². The molecule has 3 nitrogen and oxygen atoms in total. The molecule has 0 saturated heterocycles. The molecule has 0 atom stereocenters. The van der Waals surface area contributed by atoms with Gasteiger partial charge in [-0.1, -0.05) is 45.7 Å². The Labute approximate surface area is 157 Å². The van der Waals surface area contributed by atoms with Gasteiger partial charge >= 0.3 is 0 Å². The van der Waals surface area contributed by atoms with Gasteiger partial charge in [-0.25, -0.2) is 4.98 Å². The number of anilines is 1. The van der Waals surface area contributed by atoms with Crippen molar-refractivity contribution in [2.45, 2.75) is 12.8 Å². The van der Waals surface area contributed by atoms with E-state index in [2.05, 4.69) is 26.2 Å². The summed E-state index contributed by atoms with van der Waals surface area (Å²) < 4.78 is 0.928. The van der Waals surface area contributed by atoms with Crippen LogP contribution in [0.15, 0.2) is 58.4 Å². The normalized spacial score (nSPS) is 10.6. The lowest BCUT2D eigenvalue weighted by Gasteiger charge is -2.04. The van der Waals surface area contributed by atoms with E-state index >= 15 is 0 Å². The van der Waals surface area contributed by atoms with Crippen molar-refractivity contribution in [1.82, 2.24) is 4.98 Å². The van der Waals surface area contributed by atoms with Gasteiger partial charge in [0, 0.05) is 27.0 Å². The summed E-state index contributed by atoms with van der Waals surface area (Å²) in [6, 6.07) is 15.2. The minimum atomic E-state index is -0.0762. The number of carbonyl (C=O) groups excluding carboxylic acids is 1. The molecule has 1 heterocycles. The number of hydrogen-bond acceptors (Lipinski definition) is 3. The first kappa shape index (κ1) is 17.1. The SMILES string of the molecule is O=C(Cc1csc(Cc2cccc(Cl)c2)n1)Nc1cccc(Br)c1. The summed E-state index contributed by atoms with van der Waals surface area (Å²) in [5, 5.41) is 6.50. The van der Waals surface area contributed by atoms with E-state index in [0.717, 1.165) is 37.9 Å². The van der Waals surface area contributed by atoms with Gasteiger partial charge in [-0.15, -0.1) is 11.3 Å². The summed E-state index contributed by atoms with van der Waals surface area (Å²) in [6.07, 6.45) is 0.983. The highest BCUT2D eigenvalue weighted by molar-refractivity contribution is 9.10. The largest absolute Gasteiger partial charge is 0.326 e. The number of aromatic nitrogens is 1. The number of benzene rings is 2. The molecule has 1 N–H and O–H groups in total. The van der Waals surface area contributed by atoms with Crippen LogP contribution >= 0.6 is 38.9 Å². The van der Waals surface area contributed by atoms with Crippen molar-refractivity contribution in [3.05, 3.63) is 79.7 Å². The van der Waals surface area contributed by atoms with E-state index in [-0.39, 0.29) is 12.3 Å². The fourth-order valence-electron chi connectivity index (χ4n) is 2.27. The lowest BCUT2D eigenvalue weighted by Crippen LogP contribution is -2.14. The monoisotopic (exact) mass is 420 g/mol. The third kappa shape index (κ3) is 4.90. The predicted molar refractivity (Wildman–Crippen MR) is 103 cm³/mol. The van der Waals surface area contributed by atoms with Crippen LogP contribution in [0.1, 0.15) is 16.3 Å². The average Bonchev–Trinajstić information content (AvgIpc) is 2.94.